The van der Waals surface area contributed by atoms with Crippen LogP contribution >= 0.6 is 0 Å². The highest BCUT2D eigenvalue weighted by atomic mass is 16.2. The zero-order chi connectivity index (χ0) is 22.7. The fraction of sp³-hybridized carbons (Fsp3) is 0.417. The number of amides is 2. The van der Waals surface area contributed by atoms with Crippen LogP contribution in [0, 0.1) is 5.41 Å². The number of piperidine rings is 1. The summed E-state index contributed by atoms with van der Waals surface area (Å²) in [6.45, 7) is 5.65. The van der Waals surface area contributed by atoms with Gasteiger partial charge in [-0.1, -0.05) is 9.69 Å². The van der Waals surface area contributed by atoms with Crippen LogP contribution in [-0.2, 0) is 4.79 Å². The third-order valence-electron chi connectivity index (χ3n) is 7.32. The van der Waals surface area contributed by atoms with Crippen LogP contribution in [0.5, 0.6) is 0 Å². The van der Waals surface area contributed by atoms with Gasteiger partial charge in [0.25, 0.3) is 5.91 Å². The van der Waals surface area contributed by atoms with E-state index in [1.165, 1.54) is 0 Å². The topological polar surface area (TPSA) is 117 Å². The van der Waals surface area contributed by atoms with Gasteiger partial charge in [-0.25, -0.2) is 4.79 Å². The summed E-state index contributed by atoms with van der Waals surface area (Å²) in [7, 11) is 0. The number of aromatic amines is 1. The van der Waals surface area contributed by atoms with Crippen LogP contribution in [-0.4, -0.2) is 52.5 Å². The first-order valence-corrected chi connectivity index (χ1v) is 11.2. The molecule has 0 bridgehead atoms. The maximum Gasteiger partial charge on any atom is 0.377 e. The molecule has 1 atom stereocenters. The van der Waals surface area contributed by atoms with Crippen molar-refractivity contribution in [2.45, 2.75) is 45.6 Å². The Hall–Kier alpha value is -3.10. The number of allylic oxidation sites excluding steroid dienone is 2. The van der Waals surface area contributed by atoms with Gasteiger partial charge in [-0.05, 0) is 69.8 Å². The molecule has 1 unspecified atom stereocenters. The number of carbonyl (C=O) groups excluding carboxylic acids is 3. The lowest BCUT2D eigenvalue weighted by molar-refractivity contribution is -0.833. The Bertz CT molecular complexity index is 1220. The molecule has 1 spiro atoms. The second-order valence-corrected chi connectivity index (χ2v) is 9.56. The van der Waals surface area contributed by atoms with Crippen LogP contribution < -0.4 is 11.1 Å². The molecule has 3 heterocycles. The molecule has 1 fully saturated rings. The quantitative estimate of drug-likeness (QED) is 0.644. The van der Waals surface area contributed by atoms with E-state index in [-0.39, 0.29) is 27.7 Å². The predicted octanol–water partition coefficient (Wildman–Crippen LogP) is 2.62. The molecule has 4 N–H and O–H groups in total. The van der Waals surface area contributed by atoms with Crippen molar-refractivity contribution in [1.82, 2.24) is 10.3 Å². The Labute approximate surface area is 186 Å². The van der Waals surface area contributed by atoms with Gasteiger partial charge < -0.3 is 16.0 Å². The molecule has 2 aromatic rings. The van der Waals surface area contributed by atoms with E-state index in [9.17, 15) is 14.4 Å². The largest absolute Gasteiger partial charge is 0.377 e. The molecule has 1 aromatic heterocycles. The number of hydrogen-bond acceptors (Lipinski definition) is 5. The molecule has 166 valence electrons. The lowest BCUT2D eigenvalue weighted by Crippen LogP contribution is -2.54. The van der Waals surface area contributed by atoms with E-state index in [2.05, 4.69) is 10.3 Å². The van der Waals surface area contributed by atoms with Crippen molar-refractivity contribution in [1.29, 1.82) is 0 Å². The molecule has 8 nitrogen and oxygen atoms in total. The van der Waals surface area contributed by atoms with E-state index in [0.717, 1.165) is 43.4 Å². The number of rotatable bonds is 3. The standard InChI is InChI=1S/C24H27N5O3/c1-14(2)29(23(32)15-3-4-19-17(9-15)18(13-27-19)22(25)31)21-16(12-28-29)10-24(11-20(21)30)5-7-26-8-6-24/h3-4,9,12-14,26H,5-8,10-11H2,1-2H3,(H2-,25,27,31,32)/p+1. The van der Waals surface area contributed by atoms with Crippen molar-refractivity contribution in [2.75, 3.05) is 13.1 Å². The summed E-state index contributed by atoms with van der Waals surface area (Å²) in [5, 5.41) is 8.66. The molecule has 1 saturated heterocycles. The number of ketones is 1. The normalized spacial score (nSPS) is 24.5. The highest BCUT2D eigenvalue weighted by molar-refractivity contribution is 6.09. The summed E-state index contributed by atoms with van der Waals surface area (Å²) in [5.74, 6) is -0.810. The zero-order valence-corrected chi connectivity index (χ0v) is 18.4. The molecule has 2 amide bonds. The molecule has 1 aliphatic carbocycles. The molecular formula is C24H28N5O3+. The van der Waals surface area contributed by atoms with Gasteiger partial charge in [0.15, 0.2) is 0 Å². The first-order chi connectivity index (χ1) is 15.3. The minimum atomic E-state index is -0.562. The first kappa shape index (κ1) is 20.8. The molecule has 0 radical (unpaired) electrons. The van der Waals surface area contributed by atoms with Crippen LogP contribution in [0.25, 0.3) is 10.9 Å². The van der Waals surface area contributed by atoms with E-state index in [4.69, 9.17) is 10.8 Å². The van der Waals surface area contributed by atoms with Crippen LogP contribution in [0.3, 0.4) is 0 Å². The van der Waals surface area contributed by atoms with E-state index in [1.54, 1.807) is 30.6 Å². The lowest BCUT2D eigenvalue weighted by atomic mass is 9.67. The summed E-state index contributed by atoms with van der Waals surface area (Å²) in [6.07, 6.45) is 6.45. The van der Waals surface area contributed by atoms with E-state index in [1.807, 2.05) is 13.8 Å². The Kier molecular flexibility index (Phi) is 4.69. The summed E-state index contributed by atoms with van der Waals surface area (Å²) >= 11 is 0. The van der Waals surface area contributed by atoms with Crippen molar-refractivity contribution in [2.24, 2.45) is 16.3 Å². The second kappa shape index (κ2) is 7.21. The predicted molar refractivity (Wildman–Crippen MR) is 121 cm³/mol. The van der Waals surface area contributed by atoms with E-state index < -0.39 is 5.91 Å². The number of nitrogens with one attached hydrogen (secondary N) is 2. The minimum absolute atomic E-state index is 0.0215. The van der Waals surface area contributed by atoms with Crippen LogP contribution in [0.2, 0.25) is 0 Å². The number of carbonyl (C=O) groups is 3. The molecule has 8 heteroatoms. The Morgan fingerprint density at radius 3 is 2.62 bits per heavy atom. The number of benzene rings is 1. The molecule has 0 saturated carbocycles. The highest BCUT2D eigenvalue weighted by Gasteiger charge is 2.57. The summed E-state index contributed by atoms with van der Waals surface area (Å²) in [6, 6.07) is 4.89. The van der Waals surface area contributed by atoms with Gasteiger partial charge in [0.1, 0.15) is 6.04 Å². The maximum atomic E-state index is 14.0. The smallest absolute Gasteiger partial charge is 0.366 e. The second-order valence-electron chi connectivity index (χ2n) is 9.56. The molecule has 32 heavy (non-hydrogen) atoms. The third-order valence-corrected chi connectivity index (χ3v) is 7.32. The van der Waals surface area contributed by atoms with Gasteiger partial charge in [0.2, 0.25) is 11.5 Å². The van der Waals surface area contributed by atoms with Gasteiger partial charge in [-0.3, -0.25) is 9.59 Å². The Morgan fingerprint density at radius 1 is 1.19 bits per heavy atom. The number of fused-ring (bicyclic) bond motifs is 1. The van der Waals surface area contributed by atoms with Crippen LogP contribution in [0.15, 0.2) is 40.8 Å². The fourth-order valence-corrected chi connectivity index (χ4v) is 5.63. The van der Waals surface area contributed by atoms with Gasteiger partial charge in [0.05, 0.1) is 17.3 Å². The number of quaternary nitrogens is 1. The molecule has 5 rings (SSSR count). The number of hydrogen-bond donors (Lipinski definition) is 3. The average molecular weight is 435 g/mol. The fourth-order valence-electron chi connectivity index (χ4n) is 5.63. The van der Waals surface area contributed by atoms with Crippen molar-refractivity contribution in [3.8, 4) is 0 Å². The van der Waals surface area contributed by atoms with Crippen molar-refractivity contribution >= 4 is 34.7 Å². The summed E-state index contributed by atoms with van der Waals surface area (Å²) in [5.41, 5.74) is 8.31. The van der Waals surface area contributed by atoms with E-state index in [0.29, 0.717) is 28.6 Å². The van der Waals surface area contributed by atoms with Crippen LogP contribution in [0.1, 0.15) is 60.2 Å². The zero-order valence-electron chi connectivity index (χ0n) is 18.4. The average Bonchev–Trinajstić information content (AvgIpc) is 3.35. The molecule has 2 aliphatic heterocycles. The molecule has 1 aromatic carbocycles. The molecule has 3 aliphatic rings. The van der Waals surface area contributed by atoms with Crippen LogP contribution in [0.4, 0.5) is 0 Å². The van der Waals surface area contributed by atoms with Gasteiger partial charge in [-0.15, -0.1) is 0 Å². The van der Waals surface area contributed by atoms with Crippen molar-refractivity contribution in [3.05, 3.63) is 46.8 Å². The number of nitrogens with two attached hydrogens (primary N) is 1. The van der Waals surface area contributed by atoms with Gasteiger partial charge in [-0.2, -0.15) is 0 Å². The lowest BCUT2D eigenvalue weighted by Gasteiger charge is -2.41. The summed E-state index contributed by atoms with van der Waals surface area (Å²) in [4.78, 5) is 42.3. The maximum absolute atomic E-state index is 14.0. The highest BCUT2D eigenvalue weighted by Crippen LogP contribution is 2.48. The Morgan fingerprint density at radius 2 is 1.94 bits per heavy atom. The Balaban J connectivity index is 1.59. The third kappa shape index (κ3) is 2.90. The van der Waals surface area contributed by atoms with Crippen molar-refractivity contribution in [3.63, 3.8) is 0 Å². The number of aromatic nitrogens is 1. The first-order valence-electron chi connectivity index (χ1n) is 11.2. The van der Waals surface area contributed by atoms with Gasteiger partial charge >= 0.3 is 5.91 Å². The monoisotopic (exact) mass is 434 g/mol. The molecular weight excluding hydrogens is 406 g/mol. The number of nitrogens with zero attached hydrogens (tertiary/aromatic N) is 2. The SMILES string of the molecule is CC(C)[N+]1(C(=O)c2ccc3[nH]cc(C(N)=O)c3c2)N=CC2=C1C(=O)CC1(CCNCC1)C2. The number of primary amides is 1. The van der Waals surface area contributed by atoms with Crippen molar-refractivity contribution < 1.29 is 19.0 Å². The van der Waals surface area contributed by atoms with E-state index >= 15 is 0 Å². The number of Topliss-reactive ketones (excluding diaryl/α,β-unsaturated/α-hetero) is 1. The summed E-state index contributed by atoms with van der Waals surface area (Å²) < 4.78 is -0.357. The minimum Gasteiger partial charge on any atom is -0.366 e. The number of H-pyrrole nitrogens is 1. The van der Waals surface area contributed by atoms with Gasteiger partial charge in [0, 0.05) is 29.1 Å².